The number of nitrogens with zero attached hydrogens (tertiary/aromatic N) is 4. The lowest BCUT2D eigenvalue weighted by Crippen LogP contribution is -2.29. The molecule has 0 aliphatic heterocycles. The van der Waals surface area contributed by atoms with Crippen LogP contribution in [0.3, 0.4) is 0 Å². The lowest BCUT2D eigenvalue weighted by molar-refractivity contribution is 0.0932. The highest BCUT2D eigenvalue weighted by molar-refractivity contribution is 6.29. The number of H-pyrrole nitrogens is 1. The van der Waals surface area contributed by atoms with Gasteiger partial charge < -0.3 is 5.32 Å². The third kappa shape index (κ3) is 3.47. The largest absolute Gasteiger partial charge is 0.342 e. The van der Waals surface area contributed by atoms with Crippen LogP contribution in [0.2, 0.25) is 5.15 Å². The molecule has 7 nitrogen and oxygen atoms in total. The SMILES string of the molecule is CCCC(NC(=O)c1ccnc(Cl)c1)c1nn[nH]n1. The fraction of sp³-hybridized carbons (Fsp3) is 0.364. The van der Waals surface area contributed by atoms with Gasteiger partial charge in [-0.15, -0.1) is 10.2 Å². The Hall–Kier alpha value is -2.02. The molecule has 2 rings (SSSR count). The molecule has 2 heterocycles. The number of nitrogens with one attached hydrogen (secondary N) is 2. The molecule has 0 bridgehead atoms. The first kappa shape index (κ1) is 13.4. The predicted octanol–water partition coefficient (Wildman–Crippen LogP) is 1.52. The molecule has 2 N–H and O–H groups in total. The van der Waals surface area contributed by atoms with Crippen molar-refractivity contribution in [2.75, 3.05) is 0 Å². The molecule has 19 heavy (non-hydrogen) atoms. The van der Waals surface area contributed by atoms with Gasteiger partial charge in [-0.05, 0) is 18.6 Å². The van der Waals surface area contributed by atoms with Gasteiger partial charge in [0.1, 0.15) is 5.15 Å². The summed E-state index contributed by atoms with van der Waals surface area (Å²) in [6.45, 7) is 2.02. The van der Waals surface area contributed by atoms with Crippen LogP contribution in [0.25, 0.3) is 0 Å². The molecule has 1 amide bonds. The Kier molecular flexibility index (Phi) is 4.40. The van der Waals surface area contributed by atoms with E-state index in [1.54, 1.807) is 6.07 Å². The van der Waals surface area contributed by atoms with E-state index >= 15 is 0 Å². The molecule has 0 spiro atoms. The van der Waals surface area contributed by atoms with Crippen molar-refractivity contribution in [2.45, 2.75) is 25.8 Å². The zero-order valence-corrected chi connectivity index (χ0v) is 11.1. The molecule has 0 aromatic carbocycles. The second kappa shape index (κ2) is 6.24. The number of hydrogen-bond acceptors (Lipinski definition) is 5. The third-order valence-corrected chi connectivity index (χ3v) is 2.75. The Bertz CT molecular complexity index is 544. The van der Waals surface area contributed by atoms with Crippen LogP contribution in [0.4, 0.5) is 0 Å². The lowest BCUT2D eigenvalue weighted by atomic mass is 10.1. The fourth-order valence-corrected chi connectivity index (χ4v) is 1.83. The van der Waals surface area contributed by atoms with Gasteiger partial charge in [0.05, 0.1) is 6.04 Å². The Labute approximate surface area is 114 Å². The zero-order chi connectivity index (χ0) is 13.7. The Morgan fingerprint density at radius 2 is 2.42 bits per heavy atom. The number of pyridine rings is 1. The predicted molar refractivity (Wildman–Crippen MR) is 68.5 cm³/mol. The summed E-state index contributed by atoms with van der Waals surface area (Å²) >= 11 is 5.76. The average molecular weight is 281 g/mol. The van der Waals surface area contributed by atoms with Crippen LogP contribution in [-0.4, -0.2) is 31.5 Å². The average Bonchev–Trinajstić information content (AvgIpc) is 2.92. The van der Waals surface area contributed by atoms with E-state index in [0.717, 1.165) is 12.8 Å². The summed E-state index contributed by atoms with van der Waals surface area (Å²) in [6, 6.07) is 2.83. The molecular formula is C11H13ClN6O. The molecule has 1 unspecified atom stereocenters. The van der Waals surface area contributed by atoms with Gasteiger partial charge in [-0.2, -0.15) is 5.21 Å². The van der Waals surface area contributed by atoms with E-state index in [2.05, 4.69) is 30.9 Å². The molecule has 0 aliphatic rings. The van der Waals surface area contributed by atoms with Crippen molar-refractivity contribution >= 4 is 17.5 Å². The highest BCUT2D eigenvalue weighted by Crippen LogP contribution is 2.15. The van der Waals surface area contributed by atoms with E-state index < -0.39 is 0 Å². The first-order chi connectivity index (χ1) is 9.20. The van der Waals surface area contributed by atoms with E-state index in [9.17, 15) is 4.79 Å². The monoisotopic (exact) mass is 280 g/mol. The topological polar surface area (TPSA) is 96.5 Å². The summed E-state index contributed by atoms with van der Waals surface area (Å²) in [4.78, 5) is 15.9. The number of rotatable bonds is 5. The van der Waals surface area contributed by atoms with Crippen LogP contribution in [0.1, 0.15) is 42.0 Å². The number of aromatic nitrogens is 5. The van der Waals surface area contributed by atoms with Crippen molar-refractivity contribution in [3.8, 4) is 0 Å². The van der Waals surface area contributed by atoms with Gasteiger partial charge in [0.15, 0.2) is 5.82 Å². The normalized spacial score (nSPS) is 12.1. The first-order valence-electron chi connectivity index (χ1n) is 5.86. The Morgan fingerprint density at radius 3 is 3.05 bits per heavy atom. The van der Waals surface area contributed by atoms with E-state index in [0.29, 0.717) is 11.4 Å². The van der Waals surface area contributed by atoms with Crippen LogP contribution in [0.15, 0.2) is 18.3 Å². The second-order valence-corrected chi connectivity index (χ2v) is 4.34. The van der Waals surface area contributed by atoms with E-state index in [1.807, 2.05) is 6.92 Å². The summed E-state index contributed by atoms with van der Waals surface area (Å²) in [5.74, 6) is 0.225. The van der Waals surface area contributed by atoms with Gasteiger partial charge in [0, 0.05) is 11.8 Å². The van der Waals surface area contributed by atoms with E-state index in [-0.39, 0.29) is 17.1 Å². The molecular weight excluding hydrogens is 268 g/mol. The summed E-state index contributed by atoms with van der Waals surface area (Å²) in [5.41, 5.74) is 0.449. The van der Waals surface area contributed by atoms with Crippen molar-refractivity contribution < 1.29 is 4.79 Å². The Balaban J connectivity index is 2.11. The quantitative estimate of drug-likeness (QED) is 0.810. The smallest absolute Gasteiger partial charge is 0.252 e. The second-order valence-electron chi connectivity index (χ2n) is 3.95. The van der Waals surface area contributed by atoms with Crippen LogP contribution < -0.4 is 5.32 Å². The minimum absolute atomic E-state index is 0.243. The van der Waals surface area contributed by atoms with Crippen LogP contribution in [0, 0.1) is 0 Å². The zero-order valence-electron chi connectivity index (χ0n) is 10.3. The van der Waals surface area contributed by atoms with Crippen molar-refractivity contribution in [3.63, 3.8) is 0 Å². The Morgan fingerprint density at radius 1 is 1.58 bits per heavy atom. The van der Waals surface area contributed by atoms with Gasteiger partial charge in [-0.25, -0.2) is 4.98 Å². The van der Waals surface area contributed by atoms with Gasteiger partial charge in [0.2, 0.25) is 0 Å². The maximum atomic E-state index is 12.1. The van der Waals surface area contributed by atoms with Crippen LogP contribution >= 0.6 is 11.6 Å². The molecule has 8 heteroatoms. The highest BCUT2D eigenvalue weighted by Gasteiger charge is 2.18. The molecule has 0 saturated heterocycles. The maximum absolute atomic E-state index is 12.1. The first-order valence-corrected chi connectivity index (χ1v) is 6.24. The molecule has 0 aliphatic carbocycles. The summed E-state index contributed by atoms with van der Waals surface area (Å²) in [7, 11) is 0. The van der Waals surface area contributed by atoms with Crippen LogP contribution in [-0.2, 0) is 0 Å². The highest BCUT2D eigenvalue weighted by atomic mass is 35.5. The minimum atomic E-state index is -0.275. The molecule has 0 saturated carbocycles. The lowest BCUT2D eigenvalue weighted by Gasteiger charge is -2.14. The molecule has 2 aromatic rings. The number of aromatic amines is 1. The molecule has 0 radical (unpaired) electrons. The molecule has 1 atom stereocenters. The minimum Gasteiger partial charge on any atom is -0.342 e. The number of amides is 1. The maximum Gasteiger partial charge on any atom is 0.252 e. The fourth-order valence-electron chi connectivity index (χ4n) is 1.66. The molecule has 0 fully saturated rings. The number of halogens is 1. The summed E-state index contributed by atoms with van der Waals surface area (Å²) in [6.07, 6.45) is 3.10. The van der Waals surface area contributed by atoms with Crippen molar-refractivity contribution in [1.29, 1.82) is 0 Å². The number of hydrogen-bond donors (Lipinski definition) is 2. The van der Waals surface area contributed by atoms with Gasteiger partial charge in [0.25, 0.3) is 5.91 Å². The third-order valence-electron chi connectivity index (χ3n) is 2.54. The van der Waals surface area contributed by atoms with Gasteiger partial charge >= 0.3 is 0 Å². The van der Waals surface area contributed by atoms with E-state index in [4.69, 9.17) is 11.6 Å². The van der Waals surface area contributed by atoms with Gasteiger partial charge in [-0.3, -0.25) is 4.79 Å². The van der Waals surface area contributed by atoms with Crippen molar-refractivity contribution in [1.82, 2.24) is 30.9 Å². The molecule has 2 aromatic heterocycles. The standard InChI is InChI=1S/C11H13ClN6O/c1-2-3-8(10-15-17-18-16-10)14-11(19)7-4-5-13-9(12)6-7/h4-6,8H,2-3H2,1H3,(H,14,19)(H,15,16,17,18). The molecule has 100 valence electrons. The number of carbonyl (C=O) groups excluding carboxylic acids is 1. The number of tetrazole rings is 1. The summed E-state index contributed by atoms with van der Waals surface area (Å²) in [5, 5.41) is 16.8. The van der Waals surface area contributed by atoms with Crippen molar-refractivity contribution in [3.05, 3.63) is 34.9 Å². The number of carbonyl (C=O) groups is 1. The van der Waals surface area contributed by atoms with Gasteiger partial charge in [-0.1, -0.05) is 30.2 Å². The van der Waals surface area contributed by atoms with Crippen LogP contribution in [0.5, 0.6) is 0 Å². The summed E-state index contributed by atoms with van der Waals surface area (Å²) < 4.78 is 0. The van der Waals surface area contributed by atoms with E-state index in [1.165, 1.54) is 12.3 Å². The van der Waals surface area contributed by atoms with Crippen molar-refractivity contribution in [2.24, 2.45) is 0 Å².